The largest absolute Gasteiger partial charge is 0.461 e. The van der Waals surface area contributed by atoms with Gasteiger partial charge in [-0.1, -0.05) is 12.1 Å². The molecule has 1 atom stereocenters. The molecule has 0 aliphatic heterocycles. The van der Waals surface area contributed by atoms with Crippen LogP contribution in [0.3, 0.4) is 0 Å². The molecule has 0 spiro atoms. The van der Waals surface area contributed by atoms with Crippen LogP contribution in [0.2, 0.25) is 0 Å². The van der Waals surface area contributed by atoms with Crippen molar-refractivity contribution < 1.29 is 23.8 Å². The molecule has 0 amide bonds. The molecular formula is C12H15FO4. The number of aliphatic hydroxyl groups is 1. The van der Waals surface area contributed by atoms with Gasteiger partial charge in [0.1, 0.15) is 5.75 Å². The lowest BCUT2D eigenvalue weighted by Crippen LogP contribution is -2.24. The van der Waals surface area contributed by atoms with Gasteiger partial charge in [-0.05, 0) is 31.0 Å². The Balaban J connectivity index is 2.53. The number of halogens is 1. The molecule has 0 aliphatic rings. The summed E-state index contributed by atoms with van der Waals surface area (Å²) in [7, 11) is 0. The van der Waals surface area contributed by atoms with E-state index in [4.69, 9.17) is 9.84 Å². The quantitative estimate of drug-likeness (QED) is 0.767. The van der Waals surface area contributed by atoms with Crippen LogP contribution in [0.5, 0.6) is 5.75 Å². The van der Waals surface area contributed by atoms with Crippen molar-refractivity contribution in [1.29, 1.82) is 0 Å². The number of hydrogen-bond donors (Lipinski definition) is 1. The Kier molecular flexibility index (Phi) is 5.42. The first-order valence-electron chi connectivity index (χ1n) is 5.34. The Morgan fingerprint density at radius 3 is 2.59 bits per heavy atom. The average Bonchev–Trinajstić information content (AvgIpc) is 2.32. The van der Waals surface area contributed by atoms with E-state index in [1.54, 1.807) is 19.1 Å². The monoisotopic (exact) mass is 242 g/mol. The van der Waals surface area contributed by atoms with Gasteiger partial charge in [0.15, 0.2) is 0 Å². The van der Waals surface area contributed by atoms with Crippen molar-refractivity contribution >= 4 is 5.97 Å². The van der Waals surface area contributed by atoms with Crippen LogP contribution in [-0.2, 0) is 16.0 Å². The zero-order valence-electron chi connectivity index (χ0n) is 9.56. The fourth-order valence-corrected chi connectivity index (χ4v) is 1.24. The molecule has 17 heavy (non-hydrogen) atoms. The third kappa shape index (κ3) is 4.40. The number of alkyl halides is 1. The van der Waals surface area contributed by atoms with Gasteiger partial charge in [-0.3, -0.25) is 0 Å². The summed E-state index contributed by atoms with van der Waals surface area (Å²) >= 11 is 0. The predicted molar refractivity (Wildman–Crippen MR) is 59.4 cm³/mol. The van der Waals surface area contributed by atoms with Crippen LogP contribution in [0.15, 0.2) is 24.3 Å². The highest BCUT2D eigenvalue weighted by atomic mass is 19.1. The molecule has 0 aliphatic carbocycles. The van der Waals surface area contributed by atoms with E-state index in [1.165, 1.54) is 12.1 Å². The standard InChI is InChI=1S/C12H15FO4/c1-2-16-12(15)11(13)17-10-5-3-9(4-6-10)7-8-14/h3-6,11,14H,2,7-8H2,1H3. The van der Waals surface area contributed by atoms with Crippen molar-refractivity contribution in [2.24, 2.45) is 0 Å². The fourth-order valence-electron chi connectivity index (χ4n) is 1.24. The minimum absolute atomic E-state index is 0.0504. The maximum atomic E-state index is 13.2. The van der Waals surface area contributed by atoms with Gasteiger partial charge in [0.05, 0.1) is 6.61 Å². The number of benzene rings is 1. The molecule has 1 rings (SSSR count). The van der Waals surface area contributed by atoms with Crippen LogP contribution in [0.4, 0.5) is 4.39 Å². The summed E-state index contributed by atoms with van der Waals surface area (Å²) in [6, 6.07) is 6.47. The molecule has 0 aromatic heterocycles. The van der Waals surface area contributed by atoms with Crippen LogP contribution in [0, 0.1) is 0 Å². The molecular weight excluding hydrogens is 227 g/mol. The zero-order valence-corrected chi connectivity index (χ0v) is 9.56. The second kappa shape index (κ2) is 6.85. The maximum absolute atomic E-state index is 13.2. The van der Waals surface area contributed by atoms with Crippen LogP contribution < -0.4 is 4.74 Å². The molecule has 0 heterocycles. The molecule has 94 valence electrons. The molecule has 5 heteroatoms. The number of carbonyl (C=O) groups is 1. The second-order valence-electron chi connectivity index (χ2n) is 3.30. The van der Waals surface area contributed by atoms with Crippen LogP contribution in [-0.4, -0.2) is 30.6 Å². The van der Waals surface area contributed by atoms with E-state index in [0.717, 1.165) is 5.56 Å². The molecule has 0 radical (unpaired) electrons. The highest BCUT2D eigenvalue weighted by Crippen LogP contribution is 2.15. The Morgan fingerprint density at radius 2 is 2.06 bits per heavy atom. The zero-order chi connectivity index (χ0) is 12.7. The number of carbonyl (C=O) groups excluding carboxylic acids is 1. The predicted octanol–water partition coefficient (Wildman–Crippen LogP) is 1.46. The van der Waals surface area contributed by atoms with E-state index in [2.05, 4.69) is 4.74 Å². The van der Waals surface area contributed by atoms with E-state index < -0.39 is 12.3 Å². The lowest BCUT2D eigenvalue weighted by molar-refractivity contribution is -0.159. The minimum Gasteiger partial charge on any atom is -0.461 e. The number of aliphatic hydroxyl groups excluding tert-OH is 1. The molecule has 0 fully saturated rings. The highest BCUT2D eigenvalue weighted by molar-refractivity contribution is 5.73. The Bertz CT molecular complexity index is 350. The van der Waals surface area contributed by atoms with Crippen LogP contribution in [0.1, 0.15) is 12.5 Å². The molecule has 1 unspecified atom stereocenters. The van der Waals surface area contributed by atoms with Gasteiger partial charge < -0.3 is 14.6 Å². The van der Waals surface area contributed by atoms with Gasteiger partial charge in [0.25, 0.3) is 0 Å². The summed E-state index contributed by atoms with van der Waals surface area (Å²) in [5.41, 5.74) is 0.909. The third-order valence-electron chi connectivity index (χ3n) is 2.04. The fraction of sp³-hybridized carbons (Fsp3) is 0.417. The summed E-state index contributed by atoms with van der Waals surface area (Å²) in [6.45, 7) is 1.75. The first kappa shape index (κ1) is 13.4. The van der Waals surface area contributed by atoms with Crippen molar-refractivity contribution in [3.8, 4) is 5.75 Å². The van der Waals surface area contributed by atoms with Crippen LogP contribution >= 0.6 is 0 Å². The molecule has 0 bridgehead atoms. The Morgan fingerprint density at radius 1 is 1.41 bits per heavy atom. The lowest BCUT2D eigenvalue weighted by atomic mass is 10.1. The number of ether oxygens (including phenoxy) is 2. The number of esters is 1. The van der Waals surface area contributed by atoms with E-state index in [9.17, 15) is 9.18 Å². The normalized spacial score (nSPS) is 11.9. The number of hydrogen-bond acceptors (Lipinski definition) is 4. The number of rotatable bonds is 6. The first-order chi connectivity index (χ1) is 8.17. The third-order valence-corrected chi connectivity index (χ3v) is 2.04. The Labute approximate surface area is 99.0 Å². The van der Waals surface area contributed by atoms with Crippen molar-refractivity contribution in [2.75, 3.05) is 13.2 Å². The first-order valence-corrected chi connectivity index (χ1v) is 5.34. The van der Waals surface area contributed by atoms with Crippen LogP contribution in [0.25, 0.3) is 0 Å². The van der Waals surface area contributed by atoms with Gasteiger partial charge in [0, 0.05) is 6.61 Å². The van der Waals surface area contributed by atoms with Gasteiger partial charge in [-0.25, -0.2) is 4.79 Å². The van der Waals surface area contributed by atoms with E-state index >= 15 is 0 Å². The van der Waals surface area contributed by atoms with E-state index in [1.807, 2.05) is 0 Å². The minimum atomic E-state index is -2.11. The molecule has 1 aromatic rings. The topological polar surface area (TPSA) is 55.8 Å². The highest BCUT2D eigenvalue weighted by Gasteiger charge is 2.20. The van der Waals surface area contributed by atoms with Crippen molar-refractivity contribution in [2.45, 2.75) is 19.7 Å². The van der Waals surface area contributed by atoms with Gasteiger partial charge in [-0.2, -0.15) is 4.39 Å². The summed E-state index contributed by atoms with van der Waals surface area (Å²) in [5.74, 6) is -0.792. The molecule has 1 aromatic carbocycles. The van der Waals surface area contributed by atoms with Gasteiger partial charge in [0.2, 0.25) is 0 Å². The van der Waals surface area contributed by atoms with E-state index in [0.29, 0.717) is 6.42 Å². The molecule has 0 saturated heterocycles. The summed E-state index contributed by atoms with van der Waals surface area (Å²) in [6.07, 6.45) is -1.59. The summed E-state index contributed by atoms with van der Waals surface area (Å²) in [5, 5.41) is 8.71. The SMILES string of the molecule is CCOC(=O)C(F)Oc1ccc(CCO)cc1. The van der Waals surface area contributed by atoms with E-state index in [-0.39, 0.29) is 19.0 Å². The molecule has 1 N–H and O–H groups in total. The lowest BCUT2D eigenvalue weighted by Gasteiger charge is -2.10. The van der Waals surface area contributed by atoms with Gasteiger partial charge >= 0.3 is 12.3 Å². The Hall–Kier alpha value is -1.62. The smallest absolute Gasteiger partial charge is 0.381 e. The molecule has 4 nitrogen and oxygen atoms in total. The average molecular weight is 242 g/mol. The summed E-state index contributed by atoms with van der Waals surface area (Å²) in [4.78, 5) is 11.0. The van der Waals surface area contributed by atoms with Crippen molar-refractivity contribution in [3.05, 3.63) is 29.8 Å². The van der Waals surface area contributed by atoms with Crippen molar-refractivity contribution in [1.82, 2.24) is 0 Å². The molecule has 0 saturated carbocycles. The van der Waals surface area contributed by atoms with Crippen molar-refractivity contribution in [3.63, 3.8) is 0 Å². The maximum Gasteiger partial charge on any atom is 0.381 e. The van der Waals surface area contributed by atoms with Gasteiger partial charge in [-0.15, -0.1) is 0 Å². The second-order valence-corrected chi connectivity index (χ2v) is 3.30. The summed E-state index contributed by atoms with van der Waals surface area (Å²) < 4.78 is 22.4.